The van der Waals surface area contributed by atoms with Gasteiger partial charge in [0.2, 0.25) is 0 Å². The Labute approximate surface area is 115 Å². The second kappa shape index (κ2) is 7.07. The zero-order valence-electron chi connectivity index (χ0n) is 10.7. The number of aliphatic hydroxyl groups is 1. The first-order chi connectivity index (χ1) is 8.83. The molecule has 1 aliphatic heterocycles. The zero-order valence-corrected chi connectivity index (χ0v) is 12.6. The summed E-state index contributed by atoms with van der Waals surface area (Å²) in [5.74, 6) is 1.05. The third-order valence-corrected chi connectivity index (χ3v) is 5.30. The number of rotatable bonds is 6. The topological polar surface area (TPSA) is 61.3 Å². The van der Waals surface area contributed by atoms with E-state index >= 15 is 0 Å². The molecule has 0 spiro atoms. The van der Waals surface area contributed by atoms with Gasteiger partial charge in [0.15, 0.2) is 0 Å². The van der Waals surface area contributed by atoms with E-state index in [-0.39, 0.29) is 22.4 Å². The number of aromatic nitrogens is 2. The Morgan fingerprint density at radius 2 is 2.50 bits per heavy atom. The van der Waals surface area contributed by atoms with Crippen LogP contribution in [0.4, 0.5) is 5.82 Å². The van der Waals surface area contributed by atoms with Crippen LogP contribution in [0.15, 0.2) is 12.3 Å². The molecule has 2 N–H and O–H groups in total. The summed E-state index contributed by atoms with van der Waals surface area (Å²) in [5.41, 5.74) is 0. The molecular formula is C12H20AsN4O. The van der Waals surface area contributed by atoms with Crippen molar-refractivity contribution in [2.24, 2.45) is 0 Å². The Morgan fingerprint density at radius 3 is 3.22 bits per heavy atom. The van der Waals surface area contributed by atoms with Gasteiger partial charge in [-0.05, 0) is 0 Å². The van der Waals surface area contributed by atoms with Crippen LogP contribution in [-0.2, 0) is 0 Å². The molecule has 0 saturated carbocycles. The maximum absolute atomic E-state index is 8.79. The number of likely N-dealkylation sites (N-methyl/N-ethyl adjacent to an activating group) is 1. The molecule has 1 atom stereocenters. The Bertz CT molecular complexity index is 377. The van der Waals surface area contributed by atoms with Gasteiger partial charge in [0.1, 0.15) is 0 Å². The zero-order chi connectivity index (χ0) is 12.8. The fraction of sp³-hybridized carbons (Fsp3) is 0.667. The molecule has 1 radical (unpaired) electrons. The van der Waals surface area contributed by atoms with E-state index < -0.39 is 0 Å². The quantitative estimate of drug-likeness (QED) is 0.543. The van der Waals surface area contributed by atoms with Gasteiger partial charge in [-0.15, -0.1) is 0 Å². The second-order valence-corrected chi connectivity index (χ2v) is 6.83. The van der Waals surface area contributed by atoms with Gasteiger partial charge in [-0.2, -0.15) is 0 Å². The summed E-state index contributed by atoms with van der Waals surface area (Å²) >= 11 is -0.00450. The summed E-state index contributed by atoms with van der Waals surface area (Å²) < 4.78 is 0.977. The van der Waals surface area contributed by atoms with E-state index in [9.17, 15) is 0 Å². The van der Waals surface area contributed by atoms with Gasteiger partial charge in [0.05, 0.1) is 0 Å². The SMILES string of the molecule is CNC1CCN(c2ccnc([As]CCCO)n2)C1. The van der Waals surface area contributed by atoms with Gasteiger partial charge in [-0.3, -0.25) is 0 Å². The van der Waals surface area contributed by atoms with Crippen molar-refractivity contribution in [1.82, 2.24) is 15.3 Å². The number of hydrogen-bond donors (Lipinski definition) is 2. The van der Waals surface area contributed by atoms with Crippen molar-refractivity contribution >= 4 is 26.2 Å². The normalized spacial score (nSPS) is 20.1. The van der Waals surface area contributed by atoms with Crippen LogP contribution in [0.25, 0.3) is 0 Å². The van der Waals surface area contributed by atoms with Crippen molar-refractivity contribution < 1.29 is 5.11 Å². The Hall–Kier alpha value is -0.642. The number of aliphatic hydroxyl groups excluding tert-OH is 1. The minimum atomic E-state index is -0.00450. The molecule has 1 aliphatic rings. The summed E-state index contributed by atoms with van der Waals surface area (Å²) in [5, 5.41) is 13.1. The molecule has 1 aromatic heterocycles. The van der Waals surface area contributed by atoms with Crippen molar-refractivity contribution in [2.75, 3.05) is 31.6 Å². The number of nitrogens with zero attached hydrogens (tertiary/aromatic N) is 3. The average molecular weight is 311 g/mol. The van der Waals surface area contributed by atoms with Crippen LogP contribution >= 0.6 is 0 Å². The van der Waals surface area contributed by atoms with Crippen molar-refractivity contribution in [1.29, 1.82) is 0 Å². The maximum atomic E-state index is 8.79. The molecule has 0 aliphatic carbocycles. The molecule has 0 aromatic carbocycles. The molecule has 0 amide bonds. The van der Waals surface area contributed by atoms with Gasteiger partial charge in [0, 0.05) is 0 Å². The van der Waals surface area contributed by atoms with Crippen LogP contribution in [0.2, 0.25) is 5.21 Å². The molecular weight excluding hydrogens is 291 g/mol. The molecule has 2 heterocycles. The predicted octanol–water partition coefficient (Wildman–Crippen LogP) is -0.595. The van der Waals surface area contributed by atoms with E-state index in [1.165, 1.54) is 6.42 Å². The summed E-state index contributed by atoms with van der Waals surface area (Å²) in [6.45, 7) is 2.36. The van der Waals surface area contributed by atoms with Crippen LogP contribution in [-0.4, -0.2) is 63.6 Å². The van der Waals surface area contributed by atoms with Crippen molar-refractivity contribution in [2.45, 2.75) is 24.1 Å². The molecule has 99 valence electrons. The van der Waals surface area contributed by atoms with E-state index in [1.807, 2.05) is 19.3 Å². The van der Waals surface area contributed by atoms with E-state index in [0.717, 1.165) is 35.1 Å². The predicted molar refractivity (Wildman–Crippen MR) is 73.6 cm³/mol. The Balaban J connectivity index is 1.94. The summed E-state index contributed by atoms with van der Waals surface area (Å²) in [6.07, 6.45) is 3.89. The average Bonchev–Trinajstić information content (AvgIpc) is 2.88. The minimum absolute atomic E-state index is 0.00450. The molecule has 1 saturated heterocycles. The van der Waals surface area contributed by atoms with Gasteiger partial charge in [-0.25, -0.2) is 0 Å². The standard InChI is InChI=1S/C12H20AsN4O/c1-14-10-4-7-17(9-10)11-3-6-15-12(16-11)13-5-2-8-18/h3,6,10,14,18H,2,4-5,7-9H2,1H3. The molecule has 5 nitrogen and oxygen atoms in total. The van der Waals surface area contributed by atoms with Crippen molar-refractivity contribution in [3.05, 3.63) is 12.3 Å². The fourth-order valence-electron chi connectivity index (χ4n) is 2.05. The van der Waals surface area contributed by atoms with Crippen molar-refractivity contribution in [3.63, 3.8) is 0 Å². The van der Waals surface area contributed by atoms with Gasteiger partial charge < -0.3 is 0 Å². The van der Waals surface area contributed by atoms with Gasteiger partial charge in [0.25, 0.3) is 0 Å². The summed E-state index contributed by atoms with van der Waals surface area (Å²) in [7, 11) is 2.01. The molecule has 2 rings (SSSR count). The Kier molecular flexibility index (Phi) is 5.42. The number of anilines is 1. The van der Waals surface area contributed by atoms with Crippen molar-refractivity contribution in [3.8, 4) is 0 Å². The first kappa shape index (κ1) is 13.8. The van der Waals surface area contributed by atoms with Crippen LogP contribution in [0.1, 0.15) is 12.8 Å². The van der Waals surface area contributed by atoms with Gasteiger partial charge >= 0.3 is 115 Å². The monoisotopic (exact) mass is 311 g/mol. The fourth-order valence-corrected chi connectivity index (χ4v) is 3.77. The van der Waals surface area contributed by atoms with E-state index in [4.69, 9.17) is 5.11 Å². The van der Waals surface area contributed by atoms with Crippen LogP contribution < -0.4 is 14.8 Å². The molecule has 18 heavy (non-hydrogen) atoms. The van der Waals surface area contributed by atoms with Gasteiger partial charge in [-0.1, -0.05) is 0 Å². The van der Waals surface area contributed by atoms with Crippen LogP contribution in [0.3, 0.4) is 0 Å². The summed E-state index contributed by atoms with van der Waals surface area (Å²) in [6, 6.07) is 2.57. The van der Waals surface area contributed by atoms with E-state index in [2.05, 4.69) is 20.2 Å². The molecule has 6 heteroatoms. The molecule has 1 fully saturated rings. The van der Waals surface area contributed by atoms with E-state index in [0.29, 0.717) is 6.04 Å². The Morgan fingerprint density at radius 1 is 1.61 bits per heavy atom. The molecule has 0 bridgehead atoms. The number of hydrogen-bond acceptors (Lipinski definition) is 5. The summed E-state index contributed by atoms with van der Waals surface area (Å²) in [4.78, 5) is 11.3. The number of nitrogens with one attached hydrogen (secondary N) is 1. The first-order valence-electron chi connectivity index (χ1n) is 6.37. The third-order valence-electron chi connectivity index (χ3n) is 3.12. The van der Waals surface area contributed by atoms with E-state index in [1.54, 1.807) is 0 Å². The van der Waals surface area contributed by atoms with Crippen LogP contribution in [0, 0.1) is 0 Å². The molecule has 1 aromatic rings. The second-order valence-electron chi connectivity index (χ2n) is 4.39. The third kappa shape index (κ3) is 3.67. The first-order valence-corrected chi connectivity index (χ1v) is 8.63. The molecule has 1 unspecified atom stereocenters. The van der Waals surface area contributed by atoms with Crippen LogP contribution in [0.5, 0.6) is 0 Å².